The lowest BCUT2D eigenvalue weighted by molar-refractivity contribution is -0.116. The highest BCUT2D eigenvalue weighted by atomic mass is 32.2. The van der Waals surface area contributed by atoms with Crippen molar-refractivity contribution in [2.24, 2.45) is 5.92 Å². The molecule has 0 unspecified atom stereocenters. The van der Waals surface area contributed by atoms with Gasteiger partial charge in [-0.05, 0) is 66.1 Å². The van der Waals surface area contributed by atoms with E-state index in [0.717, 1.165) is 58.2 Å². The molecule has 0 spiro atoms. The number of nitrogens with zero attached hydrogens (tertiary/aromatic N) is 2. The fourth-order valence-electron chi connectivity index (χ4n) is 5.06. The topological polar surface area (TPSA) is 101 Å². The molecule has 1 heterocycles. The van der Waals surface area contributed by atoms with Crippen LogP contribution in [0.1, 0.15) is 67.8 Å². The summed E-state index contributed by atoms with van der Waals surface area (Å²) in [6.45, 7) is 10.3. The Morgan fingerprint density at radius 3 is 2.39 bits per heavy atom. The Morgan fingerprint density at radius 2 is 1.76 bits per heavy atom. The minimum Gasteiger partial charge on any atom is -0.478 e. The number of hydrogen-bond acceptors (Lipinski definition) is 5. The van der Waals surface area contributed by atoms with E-state index in [2.05, 4.69) is 16.8 Å². The van der Waals surface area contributed by atoms with Crippen molar-refractivity contribution in [3.8, 4) is 11.1 Å². The molecule has 214 valence electrons. The number of nitrogens with one attached hydrogen (secondary N) is 1. The number of carbonyl (C=O) groups is 3. The normalized spacial score (nSPS) is 12.0. The summed E-state index contributed by atoms with van der Waals surface area (Å²) < 4.78 is 2.19. The Balaban J connectivity index is 1.67. The summed E-state index contributed by atoms with van der Waals surface area (Å²) in [5.41, 5.74) is 6.33. The standard InChI is InChI=1S/C33H37N3O4S/c1-6-9-30-35-31-21(4)17-25(34-32(38)29(16-20(2)3)41-22(5)37)18-28(31)36(30)19-23-12-14-24(15-13-23)26-10-7-8-11-27(26)33(39)40/h7-8,10-15,17-18,20,29H,6,9,16,19H2,1-5H3,(H,34,38)(H,39,40)/t29-/m0/s1. The van der Waals surface area contributed by atoms with Crippen molar-refractivity contribution < 1.29 is 19.5 Å². The van der Waals surface area contributed by atoms with Crippen LogP contribution in [-0.4, -0.2) is 36.9 Å². The number of carboxylic acid groups (broad SMARTS) is 1. The van der Waals surface area contributed by atoms with Gasteiger partial charge >= 0.3 is 5.97 Å². The van der Waals surface area contributed by atoms with Gasteiger partial charge in [-0.2, -0.15) is 0 Å². The van der Waals surface area contributed by atoms with Gasteiger partial charge in [0.05, 0.1) is 21.8 Å². The van der Waals surface area contributed by atoms with Crippen molar-refractivity contribution in [3.05, 3.63) is 83.2 Å². The number of carbonyl (C=O) groups excluding carboxylic acids is 2. The molecule has 0 saturated heterocycles. The van der Waals surface area contributed by atoms with Gasteiger partial charge in [0.25, 0.3) is 0 Å². The number of hydrogen-bond donors (Lipinski definition) is 2. The Hall–Kier alpha value is -3.91. The van der Waals surface area contributed by atoms with Crippen LogP contribution in [0, 0.1) is 12.8 Å². The minimum atomic E-state index is -0.951. The third-order valence-electron chi connectivity index (χ3n) is 6.91. The maximum atomic E-state index is 13.2. The highest BCUT2D eigenvalue weighted by molar-refractivity contribution is 8.14. The minimum absolute atomic E-state index is 0.0721. The summed E-state index contributed by atoms with van der Waals surface area (Å²) in [5.74, 6) is 0.130. The molecule has 0 aliphatic carbocycles. The van der Waals surface area contributed by atoms with Gasteiger partial charge in [-0.1, -0.05) is 75.0 Å². The van der Waals surface area contributed by atoms with Gasteiger partial charge < -0.3 is 15.0 Å². The first-order valence-corrected chi connectivity index (χ1v) is 14.8. The number of aromatic nitrogens is 2. The zero-order valence-corrected chi connectivity index (χ0v) is 25.0. The summed E-state index contributed by atoms with van der Waals surface area (Å²) in [6, 6.07) is 18.8. The van der Waals surface area contributed by atoms with Crippen LogP contribution >= 0.6 is 11.8 Å². The molecule has 0 fully saturated rings. The van der Waals surface area contributed by atoms with Crippen molar-refractivity contribution in [3.63, 3.8) is 0 Å². The van der Waals surface area contributed by atoms with E-state index in [-0.39, 0.29) is 22.5 Å². The molecule has 1 atom stereocenters. The zero-order chi connectivity index (χ0) is 29.7. The smallest absolute Gasteiger partial charge is 0.336 e. The van der Waals surface area contributed by atoms with E-state index < -0.39 is 11.2 Å². The summed E-state index contributed by atoms with van der Waals surface area (Å²) in [7, 11) is 0. The molecule has 3 aromatic carbocycles. The summed E-state index contributed by atoms with van der Waals surface area (Å²) in [6.07, 6.45) is 2.37. The van der Waals surface area contributed by atoms with Crippen LogP contribution in [0.25, 0.3) is 22.2 Å². The number of carboxylic acids is 1. The van der Waals surface area contributed by atoms with E-state index in [1.165, 1.54) is 6.92 Å². The largest absolute Gasteiger partial charge is 0.478 e. The molecule has 4 aromatic rings. The molecule has 7 nitrogen and oxygen atoms in total. The molecule has 41 heavy (non-hydrogen) atoms. The first-order valence-electron chi connectivity index (χ1n) is 14.0. The summed E-state index contributed by atoms with van der Waals surface area (Å²) in [4.78, 5) is 41.6. The maximum absolute atomic E-state index is 13.2. The molecular weight excluding hydrogens is 534 g/mol. The van der Waals surface area contributed by atoms with Crippen molar-refractivity contribution in [1.82, 2.24) is 9.55 Å². The first kappa shape index (κ1) is 30.1. The van der Waals surface area contributed by atoms with Crippen LogP contribution in [0.3, 0.4) is 0 Å². The third kappa shape index (κ3) is 7.24. The first-order chi connectivity index (χ1) is 19.6. The lowest BCUT2D eigenvalue weighted by Crippen LogP contribution is -2.27. The van der Waals surface area contributed by atoms with Crippen LogP contribution in [0.5, 0.6) is 0 Å². The van der Waals surface area contributed by atoms with Crippen LogP contribution in [0.4, 0.5) is 5.69 Å². The Bertz CT molecular complexity index is 1570. The van der Waals surface area contributed by atoms with E-state index in [4.69, 9.17) is 4.98 Å². The number of amides is 1. The van der Waals surface area contributed by atoms with Crippen LogP contribution < -0.4 is 5.32 Å². The van der Waals surface area contributed by atoms with E-state index in [0.29, 0.717) is 24.2 Å². The number of fused-ring (bicyclic) bond motifs is 1. The molecule has 4 rings (SSSR count). The second-order valence-corrected chi connectivity index (χ2v) is 12.2. The molecule has 0 aliphatic rings. The third-order valence-corrected chi connectivity index (χ3v) is 7.94. The molecular formula is C33H37N3O4S. The van der Waals surface area contributed by atoms with Gasteiger partial charge in [-0.15, -0.1) is 0 Å². The molecule has 0 radical (unpaired) electrons. The number of aryl methyl sites for hydroxylation is 2. The summed E-state index contributed by atoms with van der Waals surface area (Å²) >= 11 is 1.08. The molecule has 0 bridgehead atoms. The van der Waals surface area contributed by atoms with Crippen LogP contribution in [0.2, 0.25) is 0 Å². The highest BCUT2D eigenvalue weighted by Crippen LogP contribution is 2.29. The van der Waals surface area contributed by atoms with Crippen LogP contribution in [0.15, 0.2) is 60.7 Å². The van der Waals surface area contributed by atoms with Gasteiger partial charge in [0, 0.05) is 25.6 Å². The van der Waals surface area contributed by atoms with Crippen molar-refractivity contribution in [2.45, 2.75) is 65.7 Å². The number of anilines is 1. The summed E-state index contributed by atoms with van der Waals surface area (Å²) in [5, 5.41) is 12.1. The Kier molecular flexibility index (Phi) is 9.65. The van der Waals surface area contributed by atoms with Crippen molar-refractivity contribution >= 4 is 45.5 Å². The average molecular weight is 572 g/mol. The molecule has 8 heteroatoms. The number of thioether (sulfide) groups is 1. The number of imidazole rings is 1. The number of rotatable bonds is 11. The maximum Gasteiger partial charge on any atom is 0.336 e. The molecule has 0 aliphatic heterocycles. The predicted molar refractivity (Wildman–Crippen MR) is 167 cm³/mol. The quantitative estimate of drug-likeness (QED) is 0.195. The second kappa shape index (κ2) is 13.2. The van der Waals surface area contributed by atoms with Gasteiger partial charge in [-0.3, -0.25) is 9.59 Å². The van der Waals surface area contributed by atoms with Crippen molar-refractivity contribution in [1.29, 1.82) is 0 Å². The Morgan fingerprint density at radius 1 is 1.05 bits per heavy atom. The van der Waals surface area contributed by atoms with Gasteiger partial charge in [0.1, 0.15) is 5.82 Å². The lowest BCUT2D eigenvalue weighted by Gasteiger charge is -2.17. The highest BCUT2D eigenvalue weighted by Gasteiger charge is 2.23. The van der Waals surface area contributed by atoms with E-state index in [1.807, 2.05) is 69.3 Å². The fraction of sp³-hybridized carbons (Fsp3) is 0.333. The van der Waals surface area contributed by atoms with E-state index in [1.54, 1.807) is 12.1 Å². The van der Waals surface area contributed by atoms with E-state index >= 15 is 0 Å². The monoisotopic (exact) mass is 571 g/mol. The van der Waals surface area contributed by atoms with Crippen LogP contribution in [-0.2, 0) is 22.6 Å². The number of aromatic carboxylic acids is 1. The molecule has 0 saturated carbocycles. The fourth-order valence-corrected chi connectivity index (χ4v) is 6.10. The Labute approximate surface area is 245 Å². The van der Waals surface area contributed by atoms with Gasteiger partial charge in [0.15, 0.2) is 5.12 Å². The van der Waals surface area contributed by atoms with Gasteiger partial charge in [-0.25, -0.2) is 9.78 Å². The SMILES string of the molecule is CCCc1nc2c(C)cc(NC(=O)[C@H](CC(C)C)SC(C)=O)cc2n1Cc1ccc(-c2ccccc2C(=O)O)cc1. The predicted octanol–water partition coefficient (Wildman–Crippen LogP) is 7.34. The molecule has 1 aromatic heterocycles. The van der Waals surface area contributed by atoms with Crippen molar-refractivity contribution in [2.75, 3.05) is 5.32 Å². The second-order valence-electron chi connectivity index (χ2n) is 10.8. The lowest BCUT2D eigenvalue weighted by atomic mass is 9.99. The average Bonchev–Trinajstić information content (AvgIpc) is 3.25. The van der Waals surface area contributed by atoms with Gasteiger partial charge in [0.2, 0.25) is 5.91 Å². The zero-order valence-electron chi connectivity index (χ0n) is 24.2. The van der Waals surface area contributed by atoms with E-state index in [9.17, 15) is 19.5 Å². The molecule has 2 N–H and O–H groups in total. The number of benzene rings is 3. The molecule has 1 amide bonds.